The monoisotopic (exact) mass is 381 g/mol. The molecule has 1 aliphatic heterocycles. The molecule has 140 valence electrons. The summed E-state index contributed by atoms with van der Waals surface area (Å²) in [5.74, 6) is 0.364. The van der Waals surface area contributed by atoms with Crippen LogP contribution >= 0.6 is 11.3 Å². The van der Waals surface area contributed by atoms with Gasteiger partial charge < -0.3 is 10.6 Å². The molecule has 0 spiro atoms. The average Bonchev–Trinajstić information content (AvgIpc) is 3.38. The van der Waals surface area contributed by atoms with Crippen molar-refractivity contribution < 1.29 is 4.79 Å². The molecule has 2 N–H and O–H groups in total. The standard InChI is InChI=1S/C20H23N5OS/c1-14(21)15-6-5-9-24(11-15)20(26)18-13-27-19(23-18)16-10-22-25(12-16)17-7-3-2-4-8-17/h2-4,7-8,10,12-15H,5-6,9,11,21H2,1H3. The number of rotatable bonds is 4. The van der Waals surface area contributed by atoms with Crippen molar-refractivity contribution >= 4 is 17.2 Å². The van der Waals surface area contributed by atoms with Crippen LogP contribution in [0, 0.1) is 5.92 Å². The third-order valence-electron chi connectivity index (χ3n) is 5.06. The highest BCUT2D eigenvalue weighted by Gasteiger charge is 2.27. The number of amides is 1. The second-order valence-corrected chi connectivity index (χ2v) is 7.92. The minimum absolute atomic E-state index is 0.00157. The molecule has 2 atom stereocenters. The van der Waals surface area contributed by atoms with Gasteiger partial charge in [-0.25, -0.2) is 9.67 Å². The van der Waals surface area contributed by atoms with Crippen molar-refractivity contribution in [2.24, 2.45) is 11.7 Å². The number of aromatic nitrogens is 3. The highest BCUT2D eigenvalue weighted by molar-refractivity contribution is 7.13. The molecule has 27 heavy (non-hydrogen) atoms. The summed E-state index contributed by atoms with van der Waals surface area (Å²) < 4.78 is 1.82. The Morgan fingerprint density at radius 3 is 2.93 bits per heavy atom. The van der Waals surface area contributed by atoms with Gasteiger partial charge in [-0.2, -0.15) is 5.10 Å². The van der Waals surface area contributed by atoms with E-state index < -0.39 is 0 Å². The molecule has 1 aromatic carbocycles. The fourth-order valence-corrected chi connectivity index (χ4v) is 4.21. The fraction of sp³-hybridized carbons (Fsp3) is 0.350. The van der Waals surface area contributed by atoms with E-state index in [0.717, 1.165) is 42.2 Å². The van der Waals surface area contributed by atoms with Gasteiger partial charge in [0.05, 0.1) is 11.9 Å². The van der Waals surface area contributed by atoms with Gasteiger partial charge in [0.15, 0.2) is 0 Å². The number of thiazole rings is 1. The SMILES string of the molecule is CC(N)C1CCCN(C(=O)c2csc(-c3cnn(-c4ccccc4)c3)n2)C1. The van der Waals surface area contributed by atoms with E-state index in [1.54, 1.807) is 6.20 Å². The van der Waals surface area contributed by atoms with Gasteiger partial charge in [0.25, 0.3) is 5.91 Å². The number of hydrogen-bond acceptors (Lipinski definition) is 5. The molecule has 2 unspecified atom stereocenters. The predicted molar refractivity (Wildman–Crippen MR) is 107 cm³/mol. The van der Waals surface area contributed by atoms with Crippen LogP contribution in [0.2, 0.25) is 0 Å². The first-order chi connectivity index (χ1) is 13.1. The zero-order chi connectivity index (χ0) is 18.8. The summed E-state index contributed by atoms with van der Waals surface area (Å²) in [6.45, 7) is 3.51. The minimum atomic E-state index is -0.00157. The van der Waals surface area contributed by atoms with Crippen LogP contribution in [-0.2, 0) is 0 Å². The van der Waals surface area contributed by atoms with Crippen LogP contribution in [0.4, 0.5) is 0 Å². The smallest absolute Gasteiger partial charge is 0.273 e. The van der Waals surface area contributed by atoms with E-state index in [9.17, 15) is 4.79 Å². The van der Waals surface area contributed by atoms with Gasteiger partial charge >= 0.3 is 0 Å². The Kier molecular flexibility index (Phi) is 5.05. The molecule has 1 amide bonds. The number of hydrogen-bond donors (Lipinski definition) is 1. The first-order valence-electron chi connectivity index (χ1n) is 9.22. The maximum absolute atomic E-state index is 12.8. The average molecular weight is 382 g/mol. The summed E-state index contributed by atoms with van der Waals surface area (Å²) >= 11 is 1.47. The van der Waals surface area contributed by atoms with Crippen LogP contribution in [0.3, 0.4) is 0 Å². The van der Waals surface area contributed by atoms with Crippen LogP contribution in [0.5, 0.6) is 0 Å². The molecule has 7 heteroatoms. The molecule has 0 aliphatic carbocycles. The van der Waals surface area contributed by atoms with Crippen molar-refractivity contribution in [3.63, 3.8) is 0 Å². The first-order valence-corrected chi connectivity index (χ1v) is 10.1. The number of nitrogens with two attached hydrogens (primary N) is 1. The van der Waals surface area contributed by atoms with E-state index in [2.05, 4.69) is 10.1 Å². The lowest BCUT2D eigenvalue weighted by molar-refractivity contribution is 0.0656. The Balaban J connectivity index is 1.50. The van der Waals surface area contributed by atoms with Crippen LogP contribution in [0.15, 0.2) is 48.1 Å². The highest BCUT2D eigenvalue weighted by Crippen LogP contribution is 2.26. The van der Waals surface area contributed by atoms with Crippen LogP contribution in [0.25, 0.3) is 16.3 Å². The molecule has 3 heterocycles. The number of likely N-dealkylation sites (tertiary alicyclic amines) is 1. The maximum atomic E-state index is 12.8. The summed E-state index contributed by atoms with van der Waals surface area (Å²) in [4.78, 5) is 19.3. The maximum Gasteiger partial charge on any atom is 0.273 e. The molecule has 1 aliphatic rings. The normalized spacial score (nSPS) is 18.4. The second-order valence-electron chi connectivity index (χ2n) is 7.06. The second kappa shape index (κ2) is 7.62. The zero-order valence-corrected chi connectivity index (χ0v) is 16.1. The van der Waals surface area contributed by atoms with Crippen molar-refractivity contribution in [2.45, 2.75) is 25.8 Å². The Hall–Kier alpha value is -2.51. The summed E-state index contributed by atoms with van der Waals surface area (Å²) in [6, 6.07) is 10.0. The summed E-state index contributed by atoms with van der Waals surface area (Å²) in [5.41, 5.74) is 8.45. The molecule has 0 saturated carbocycles. The number of piperidine rings is 1. The van der Waals surface area contributed by atoms with E-state index >= 15 is 0 Å². The van der Waals surface area contributed by atoms with Gasteiger partial charge in [-0.1, -0.05) is 18.2 Å². The fourth-order valence-electron chi connectivity index (χ4n) is 3.45. The molecule has 3 aromatic rings. The summed E-state index contributed by atoms with van der Waals surface area (Å²) in [6.07, 6.45) is 5.81. The van der Waals surface area contributed by atoms with Gasteiger partial charge in [-0.05, 0) is 37.8 Å². The molecule has 1 saturated heterocycles. The molecular weight excluding hydrogens is 358 g/mol. The Morgan fingerprint density at radius 1 is 1.33 bits per heavy atom. The summed E-state index contributed by atoms with van der Waals surface area (Å²) in [5, 5.41) is 7.06. The van der Waals surface area contributed by atoms with E-state index in [-0.39, 0.29) is 11.9 Å². The summed E-state index contributed by atoms with van der Waals surface area (Å²) in [7, 11) is 0. The predicted octanol–water partition coefficient (Wildman–Crippen LogP) is 3.20. The lowest BCUT2D eigenvalue weighted by Gasteiger charge is -2.34. The quantitative estimate of drug-likeness (QED) is 0.753. The molecule has 0 radical (unpaired) electrons. The number of para-hydroxylation sites is 1. The molecule has 6 nitrogen and oxygen atoms in total. The lowest BCUT2D eigenvalue weighted by Crippen LogP contribution is -2.45. The largest absolute Gasteiger partial charge is 0.337 e. The van der Waals surface area contributed by atoms with Crippen molar-refractivity contribution in [3.05, 3.63) is 53.8 Å². The number of carbonyl (C=O) groups excluding carboxylic acids is 1. The minimum Gasteiger partial charge on any atom is -0.337 e. The van der Waals surface area contributed by atoms with E-state index in [4.69, 9.17) is 5.73 Å². The molecule has 4 rings (SSSR count). The van der Waals surface area contributed by atoms with Crippen molar-refractivity contribution in [3.8, 4) is 16.3 Å². The van der Waals surface area contributed by atoms with E-state index in [0.29, 0.717) is 11.6 Å². The zero-order valence-electron chi connectivity index (χ0n) is 15.3. The topological polar surface area (TPSA) is 77.0 Å². The van der Waals surface area contributed by atoms with Gasteiger partial charge in [-0.3, -0.25) is 4.79 Å². The number of carbonyl (C=O) groups is 1. The van der Waals surface area contributed by atoms with E-state index in [1.165, 1.54) is 11.3 Å². The molecule has 2 aromatic heterocycles. The third-order valence-corrected chi connectivity index (χ3v) is 5.95. The highest BCUT2D eigenvalue weighted by atomic mass is 32.1. The van der Waals surface area contributed by atoms with Gasteiger partial charge in [0, 0.05) is 36.3 Å². The first kappa shape index (κ1) is 17.9. The van der Waals surface area contributed by atoms with Crippen molar-refractivity contribution in [2.75, 3.05) is 13.1 Å². The Bertz CT molecular complexity index is 917. The number of benzene rings is 1. The van der Waals surface area contributed by atoms with Gasteiger partial charge in [0.2, 0.25) is 0 Å². The van der Waals surface area contributed by atoms with E-state index in [1.807, 2.05) is 58.4 Å². The Labute approximate surface area is 162 Å². The van der Waals surface area contributed by atoms with Crippen molar-refractivity contribution in [1.82, 2.24) is 19.7 Å². The van der Waals surface area contributed by atoms with Crippen molar-refractivity contribution in [1.29, 1.82) is 0 Å². The van der Waals surface area contributed by atoms with Crippen LogP contribution in [0.1, 0.15) is 30.3 Å². The lowest BCUT2D eigenvalue weighted by atomic mass is 9.92. The molecule has 1 fully saturated rings. The molecule has 0 bridgehead atoms. The van der Waals surface area contributed by atoms with Crippen LogP contribution in [-0.4, -0.2) is 44.7 Å². The van der Waals surface area contributed by atoms with Gasteiger partial charge in [-0.15, -0.1) is 11.3 Å². The van der Waals surface area contributed by atoms with Crippen LogP contribution < -0.4 is 5.73 Å². The Morgan fingerprint density at radius 2 is 2.15 bits per heavy atom. The van der Waals surface area contributed by atoms with Gasteiger partial charge in [0.1, 0.15) is 10.7 Å². The molecular formula is C20H23N5OS. The third kappa shape index (κ3) is 3.79. The number of nitrogens with zero attached hydrogens (tertiary/aromatic N) is 4.